The largest absolute Gasteiger partial charge is 0.368 e. The Morgan fingerprint density at radius 1 is 1.14 bits per heavy atom. The summed E-state index contributed by atoms with van der Waals surface area (Å²) in [5.41, 5.74) is 8.56. The Hall–Kier alpha value is -0.810. The van der Waals surface area contributed by atoms with Crippen molar-refractivity contribution < 1.29 is 0 Å². The highest BCUT2D eigenvalue weighted by Crippen LogP contribution is 2.30. The van der Waals surface area contributed by atoms with Gasteiger partial charge in [0, 0.05) is 32.7 Å². The maximum Gasteiger partial charge on any atom is 0.0671 e. The van der Waals surface area contributed by atoms with Crippen LogP contribution in [0.3, 0.4) is 0 Å². The number of nitrogens with one attached hydrogen (secondary N) is 2. The minimum absolute atomic E-state index is 0.941. The first-order valence-corrected chi connectivity index (χ1v) is 8.78. The molecule has 5 heteroatoms. The van der Waals surface area contributed by atoms with Crippen molar-refractivity contribution in [1.82, 2.24) is 15.8 Å². The lowest BCUT2D eigenvalue weighted by Crippen LogP contribution is -2.46. The maximum absolute atomic E-state index is 6.54. The van der Waals surface area contributed by atoms with Gasteiger partial charge in [-0.1, -0.05) is 30.7 Å². The molecule has 2 rings (SSSR count). The summed E-state index contributed by atoms with van der Waals surface area (Å²) in [5, 5.41) is 0.941. The summed E-state index contributed by atoms with van der Waals surface area (Å²) in [5.74, 6) is 0. The topological polar surface area (TPSA) is 30.5 Å². The number of aryl methyl sites for hydroxylation is 1. The summed E-state index contributed by atoms with van der Waals surface area (Å²) < 4.78 is 0. The van der Waals surface area contributed by atoms with Crippen molar-refractivity contribution in [1.29, 1.82) is 0 Å². The first kappa shape index (κ1) is 17.5. The molecule has 0 atom stereocenters. The highest BCUT2D eigenvalue weighted by Gasteiger charge is 2.19. The van der Waals surface area contributed by atoms with Crippen molar-refractivity contribution in [2.45, 2.75) is 26.2 Å². The van der Waals surface area contributed by atoms with Crippen molar-refractivity contribution >= 4 is 17.3 Å². The summed E-state index contributed by atoms with van der Waals surface area (Å²) >= 11 is 6.54. The molecule has 0 amide bonds. The van der Waals surface area contributed by atoms with Crippen LogP contribution < -0.4 is 15.8 Å². The highest BCUT2D eigenvalue weighted by molar-refractivity contribution is 6.34. The zero-order valence-electron chi connectivity index (χ0n) is 13.9. The van der Waals surface area contributed by atoms with E-state index in [1.54, 1.807) is 0 Å². The van der Waals surface area contributed by atoms with Crippen LogP contribution in [0.15, 0.2) is 18.2 Å². The van der Waals surface area contributed by atoms with Gasteiger partial charge in [0.15, 0.2) is 0 Å². The third-order valence-electron chi connectivity index (χ3n) is 4.36. The van der Waals surface area contributed by atoms with Gasteiger partial charge in [-0.15, -0.1) is 0 Å². The van der Waals surface area contributed by atoms with E-state index in [1.807, 2.05) is 7.05 Å². The zero-order chi connectivity index (χ0) is 15.8. The molecule has 1 aromatic carbocycles. The van der Waals surface area contributed by atoms with E-state index in [1.165, 1.54) is 30.6 Å². The van der Waals surface area contributed by atoms with Crippen LogP contribution in [0.25, 0.3) is 0 Å². The smallest absolute Gasteiger partial charge is 0.0671 e. The Morgan fingerprint density at radius 2 is 1.91 bits per heavy atom. The minimum Gasteiger partial charge on any atom is -0.368 e. The van der Waals surface area contributed by atoms with E-state index >= 15 is 0 Å². The molecule has 22 heavy (non-hydrogen) atoms. The van der Waals surface area contributed by atoms with E-state index in [0.29, 0.717) is 0 Å². The molecular formula is C17H29ClN4. The molecule has 1 saturated heterocycles. The number of rotatable bonds is 8. The molecule has 1 heterocycles. The standard InChI is InChI=1S/C17H29ClN4/c1-3-15-7-6-8-16(17(15)18)22-13-11-21(12-14-22)10-5-4-9-20-19-2/h6-8,19-20H,3-5,9-14H2,1-2H3. The first-order valence-electron chi connectivity index (χ1n) is 8.40. The van der Waals surface area contributed by atoms with Crippen molar-refractivity contribution in [3.63, 3.8) is 0 Å². The summed E-state index contributed by atoms with van der Waals surface area (Å²) in [6.07, 6.45) is 3.46. The highest BCUT2D eigenvalue weighted by atomic mass is 35.5. The van der Waals surface area contributed by atoms with Gasteiger partial charge < -0.3 is 4.90 Å². The lowest BCUT2D eigenvalue weighted by atomic mass is 10.1. The molecule has 0 unspecified atom stereocenters. The van der Waals surface area contributed by atoms with E-state index < -0.39 is 0 Å². The molecule has 124 valence electrons. The second kappa shape index (κ2) is 9.36. The number of hydrazine groups is 1. The van der Waals surface area contributed by atoms with E-state index in [0.717, 1.165) is 44.2 Å². The molecule has 0 spiro atoms. The molecule has 4 nitrogen and oxygen atoms in total. The van der Waals surface area contributed by atoms with Crippen LogP contribution in [0, 0.1) is 0 Å². The number of benzene rings is 1. The molecule has 0 saturated carbocycles. The molecule has 1 aliphatic heterocycles. The molecule has 0 aromatic heterocycles. The maximum atomic E-state index is 6.54. The van der Waals surface area contributed by atoms with Gasteiger partial charge in [0.2, 0.25) is 0 Å². The van der Waals surface area contributed by atoms with Gasteiger partial charge in [-0.25, -0.2) is 0 Å². The normalized spacial score (nSPS) is 16.2. The van der Waals surface area contributed by atoms with Crippen LogP contribution >= 0.6 is 11.6 Å². The molecule has 2 N–H and O–H groups in total. The third-order valence-corrected chi connectivity index (χ3v) is 4.79. The average Bonchev–Trinajstić information content (AvgIpc) is 2.56. The lowest BCUT2D eigenvalue weighted by molar-refractivity contribution is 0.252. The zero-order valence-corrected chi connectivity index (χ0v) is 14.6. The second-order valence-electron chi connectivity index (χ2n) is 5.82. The van der Waals surface area contributed by atoms with Crippen LogP contribution in [-0.2, 0) is 6.42 Å². The SMILES string of the molecule is CCc1cccc(N2CCN(CCCCNNC)CC2)c1Cl. The van der Waals surface area contributed by atoms with Crippen LogP contribution in [-0.4, -0.2) is 51.2 Å². The lowest BCUT2D eigenvalue weighted by Gasteiger charge is -2.36. The molecule has 0 bridgehead atoms. The van der Waals surface area contributed by atoms with E-state index in [-0.39, 0.29) is 0 Å². The van der Waals surface area contributed by atoms with Crippen LogP contribution in [0.1, 0.15) is 25.3 Å². The molecule has 0 radical (unpaired) electrons. The van der Waals surface area contributed by atoms with Gasteiger partial charge in [-0.05, 0) is 44.5 Å². The number of piperazine rings is 1. The van der Waals surface area contributed by atoms with Gasteiger partial charge in [0.05, 0.1) is 10.7 Å². The number of unbranched alkanes of at least 4 members (excludes halogenated alkanes) is 1. The summed E-state index contributed by atoms with van der Waals surface area (Å²) in [7, 11) is 1.91. The Labute approximate surface area is 139 Å². The average molecular weight is 325 g/mol. The molecule has 0 aliphatic carbocycles. The van der Waals surface area contributed by atoms with Crippen molar-refractivity contribution in [3.8, 4) is 0 Å². The Bertz CT molecular complexity index is 444. The van der Waals surface area contributed by atoms with Crippen molar-refractivity contribution in [2.24, 2.45) is 0 Å². The van der Waals surface area contributed by atoms with Crippen molar-refractivity contribution in [3.05, 3.63) is 28.8 Å². The Morgan fingerprint density at radius 3 is 2.59 bits per heavy atom. The molecule has 1 aromatic rings. The number of hydrogen-bond acceptors (Lipinski definition) is 4. The van der Waals surface area contributed by atoms with Gasteiger partial charge in [0.25, 0.3) is 0 Å². The van der Waals surface area contributed by atoms with Gasteiger partial charge in [-0.2, -0.15) is 0 Å². The quantitative estimate of drug-likeness (QED) is 0.568. The molecular weight excluding hydrogens is 296 g/mol. The monoisotopic (exact) mass is 324 g/mol. The van der Waals surface area contributed by atoms with Crippen molar-refractivity contribution in [2.75, 3.05) is 51.2 Å². The fraction of sp³-hybridized carbons (Fsp3) is 0.647. The van der Waals surface area contributed by atoms with E-state index in [4.69, 9.17) is 11.6 Å². The Balaban J connectivity index is 1.77. The predicted molar refractivity (Wildman–Crippen MR) is 95.8 cm³/mol. The fourth-order valence-corrected chi connectivity index (χ4v) is 3.35. The number of nitrogens with zero attached hydrogens (tertiary/aromatic N) is 2. The minimum atomic E-state index is 0.941. The first-order chi connectivity index (χ1) is 10.8. The summed E-state index contributed by atoms with van der Waals surface area (Å²) in [6, 6.07) is 6.41. The number of halogens is 1. The van der Waals surface area contributed by atoms with Crippen LogP contribution in [0.2, 0.25) is 5.02 Å². The van der Waals surface area contributed by atoms with E-state index in [2.05, 4.69) is 45.8 Å². The summed E-state index contributed by atoms with van der Waals surface area (Å²) in [6.45, 7) is 8.80. The Kier molecular flexibility index (Phi) is 7.46. The van der Waals surface area contributed by atoms with Gasteiger partial charge >= 0.3 is 0 Å². The molecule has 1 fully saturated rings. The number of anilines is 1. The number of hydrogen-bond donors (Lipinski definition) is 2. The fourth-order valence-electron chi connectivity index (χ4n) is 2.97. The van der Waals surface area contributed by atoms with E-state index in [9.17, 15) is 0 Å². The van der Waals surface area contributed by atoms with Gasteiger partial charge in [-0.3, -0.25) is 15.8 Å². The predicted octanol–water partition coefficient (Wildman–Crippen LogP) is 2.53. The molecule has 1 aliphatic rings. The van der Waals surface area contributed by atoms with Crippen LogP contribution in [0.4, 0.5) is 5.69 Å². The second-order valence-corrected chi connectivity index (χ2v) is 6.19. The summed E-state index contributed by atoms with van der Waals surface area (Å²) in [4.78, 5) is 4.99. The third kappa shape index (κ3) is 4.85. The van der Waals surface area contributed by atoms with Crippen LogP contribution in [0.5, 0.6) is 0 Å². The van der Waals surface area contributed by atoms with Gasteiger partial charge in [0.1, 0.15) is 0 Å².